The molecule has 1 saturated carbocycles. The predicted molar refractivity (Wildman–Crippen MR) is 61.5 cm³/mol. The zero-order valence-electron chi connectivity index (χ0n) is 8.22. The highest BCUT2D eigenvalue weighted by atomic mass is 79.9. The number of hydrogen-bond acceptors (Lipinski definition) is 2. The first-order valence-corrected chi connectivity index (χ1v) is 6.30. The van der Waals surface area contributed by atoms with Gasteiger partial charge in [-0.25, -0.2) is 4.39 Å². The van der Waals surface area contributed by atoms with Crippen molar-refractivity contribution in [1.82, 2.24) is 5.32 Å². The SMILES string of the molecule is CC1(C(=O)NCc2ccc(Br)s2)CC1F. The lowest BCUT2D eigenvalue weighted by atomic mass is 10.1. The number of halogens is 2. The maximum absolute atomic E-state index is 12.9. The molecule has 0 spiro atoms. The van der Waals surface area contributed by atoms with Crippen LogP contribution < -0.4 is 5.32 Å². The molecule has 0 radical (unpaired) electrons. The fourth-order valence-corrected chi connectivity index (χ4v) is 2.79. The molecule has 82 valence electrons. The van der Waals surface area contributed by atoms with E-state index in [4.69, 9.17) is 0 Å². The van der Waals surface area contributed by atoms with E-state index in [0.29, 0.717) is 13.0 Å². The summed E-state index contributed by atoms with van der Waals surface area (Å²) in [5.41, 5.74) is -0.769. The molecule has 1 aromatic rings. The molecule has 0 aromatic carbocycles. The molecule has 2 atom stereocenters. The van der Waals surface area contributed by atoms with E-state index >= 15 is 0 Å². The minimum atomic E-state index is -0.965. The molecule has 1 heterocycles. The lowest BCUT2D eigenvalue weighted by Gasteiger charge is -2.08. The van der Waals surface area contributed by atoms with Gasteiger partial charge in [0, 0.05) is 4.88 Å². The Morgan fingerprint density at radius 1 is 1.80 bits per heavy atom. The van der Waals surface area contributed by atoms with E-state index in [1.807, 2.05) is 12.1 Å². The van der Waals surface area contributed by atoms with Crippen LogP contribution in [-0.4, -0.2) is 12.1 Å². The van der Waals surface area contributed by atoms with Crippen molar-refractivity contribution in [2.75, 3.05) is 0 Å². The smallest absolute Gasteiger partial charge is 0.229 e. The minimum Gasteiger partial charge on any atom is -0.351 e. The number of carbonyl (C=O) groups is 1. The summed E-state index contributed by atoms with van der Waals surface area (Å²) in [4.78, 5) is 12.6. The zero-order chi connectivity index (χ0) is 11.1. The molecule has 2 nitrogen and oxygen atoms in total. The highest BCUT2D eigenvalue weighted by molar-refractivity contribution is 9.11. The van der Waals surface area contributed by atoms with Crippen molar-refractivity contribution in [3.05, 3.63) is 20.8 Å². The number of carbonyl (C=O) groups excluding carboxylic acids is 1. The second-order valence-corrected chi connectivity index (χ2v) is 6.53. The Morgan fingerprint density at radius 2 is 2.47 bits per heavy atom. The fourth-order valence-electron chi connectivity index (χ4n) is 1.36. The minimum absolute atomic E-state index is 0.181. The van der Waals surface area contributed by atoms with Crippen LogP contribution in [0.1, 0.15) is 18.2 Å². The summed E-state index contributed by atoms with van der Waals surface area (Å²) < 4.78 is 13.9. The van der Waals surface area contributed by atoms with Crippen LogP contribution in [0.5, 0.6) is 0 Å². The third-order valence-electron chi connectivity index (χ3n) is 2.71. The van der Waals surface area contributed by atoms with Crippen LogP contribution in [0.15, 0.2) is 15.9 Å². The van der Waals surface area contributed by atoms with Gasteiger partial charge in [-0.1, -0.05) is 0 Å². The van der Waals surface area contributed by atoms with Crippen LogP contribution in [-0.2, 0) is 11.3 Å². The number of alkyl halides is 1. The van der Waals surface area contributed by atoms with Gasteiger partial charge in [0.1, 0.15) is 6.17 Å². The molecule has 1 fully saturated rings. The molecule has 1 aliphatic rings. The quantitative estimate of drug-likeness (QED) is 0.912. The normalized spacial score (nSPS) is 28.9. The zero-order valence-corrected chi connectivity index (χ0v) is 10.6. The Hall–Kier alpha value is -0.420. The number of rotatable bonds is 3. The Bertz CT molecular complexity index is 395. The third-order valence-corrected chi connectivity index (χ3v) is 4.33. The van der Waals surface area contributed by atoms with E-state index in [0.717, 1.165) is 8.66 Å². The molecular weight excluding hydrogens is 281 g/mol. The van der Waals surface area contributed by atoms with Crippen LogP contribution in [0.2, 0.25) is 0 Å². The average Bonchev–Trinajstić information content (AvgIpc) is 2.61. The van der Waals surface area contributed by atoms with E-state index in [1.54, 1.807) is 18.3 Å². The average molecular weight is 292 g/mol. The van der Waals surface area contributed by atoms with Gasteiger partial charge in [0.2, 0.25) is 5.91 Å². The van der Waals surface area contributed by atoms with Gasteiger partial charge in [-0.2, -0.15) is 0 Å². The largest absolute Gasteiger partial charge is 0.351 e. The van der Waals surface area contributed by atoms with Crippen LogP contribution in [0, 0.1) is 5.41 Å². The lowest BCUT2D eigenvalue weighted by Crippen LogP contribution is -2.31. The molecule has 1 N–H and O–H groups in total. The number of hydrogen-bond donors (Lipinski definition) is 1. The van der Waals surface area contributed by atoms with Gasteiger partial charge >= 0.3 is 0 Å². The summed E-state index contributed by atoms with van der Waals surface area (Å²) in [5.74, 6) is -0.181. The Labute approximate surface area is 100 Å². The Morgan fingerprint density at radius 3 is 2.93 bits per heavy atom. The van der Waals surface area contributed by atoms with Crippen LogP contribution in [0.4, 0.5) is 4.39 Å². The van der Waals surface area contributed by atoms with Crippen molar-refractivity contribution in [2.24, 2.45) is 5.41 Å². The molecule has 0 aliphatic heterocycles. The van der Waals surface area contributed by atoms with Crippen molar-refractivity contribution in [3.8, 4) is 0 Å². The number of thiophene rings is 1. The molecule has 1 aliphatic carbocycles. The molecule has 5 heteroatoms. The summed E-state index contributed by atoms with van der Waals surface area (Å²) in [6.07, 6.45) is -0.611. The van der Waals surface area contributed by atoms with Crippen molar-refractivity contribution in [3.63, 3.8) is 0 Å². The predicted octanol–water partition coefficient (Wildman–Crippen LogP) is 2.87. The molecular formula is C10H11BrFNOS. The summed E-state index contributed by atoms with van der Waals surface area (Å²) in [6.45, 7) is 2.15. The molecule has 1 amide bonds. The van der Waals surface area contributed by atoms with Crippen LogP contribution >= 0.6 is 27.3 Å². The maximum atomic E-state index is 12.9. The summed E-state index contributed by atoms with van der Waals surface area (Å²) in [5, 5.41) is 2.76. The van der Waals surface area contributed by atoms with Gasteiger partial charge in [0.25, 0.3) is 0 Å². The van der Waals surface area contributed by atoms with Gasteiger partial charge < -0.3 is 5.32 Å². The lowest BCUT2D eigenvalue weighted by molar-refractivity contribution is -0.126. The third kappa shape index (κ3) is 2.23. The van der Waals surface area contributed by atoms with Crippen molar-refractivity contribution >= 4 is 33.2 Å². The number of amides is 1. The van der Waals surface area contributed by atoms with Crippen LogP contribution in [0.3, 0.4) is 0 Å². The second-order valence-electron chi connectivity index (χ2n) is 3.98. The number of nitrogens with one attached hydrogen (secondary N) is 1. The van der Waals surface area contributed by atoms with Crippen LogP contribution in [0.25, 0.3) is 0 Å². The molecule has 0 saturated heterocycles. The van der Waals surface area contributed by atoms with E-state index in [1.165, 1.54) is 0 Å². The van der Waals surface area contributed by atoms with Crippen molar-refractivity contribution in [1.29, 1.82) is 0 Å². The van der Waals surface area contributed by atoms with Gasteiger partial charge in [-0.05, 0) is 41.4 Å². The standard InChI is InChI=1S/C10H11BrFNOS/c1-10(4-7(10)12)9(14)13-5-6-2-3-8(11)15-6/h2-3,7H,4-5H2,1H3,(H,13,14). The summed E-state index contributed by atoms with van der Waals surface area (Å²) >= 11 is 4.92. The van der Waals surface area contributed by atoms with E-state index < -0.39 is 11.6 Å². The van der Waals surface area contributed by atoms with Crippen molar-refractivity contribution in [2.45, 2.75) is 26.1 Å². The molecule has 0 bridgehead atoms. The molecule has 1 aromatic heterocycles. The maximum Gasteiger partial charge on any atom is 0.229 e. The van der Waals surface area contributed by atoms with Gasteiger partial charge in [-0.15, -0.1) is 11.3 Å². The van der Waals surface area contributed by atoms with Gasteiger partial charge in [0.05, 0.1) is 15.7 Å². The van der Waals surface area contributed by atoms with E-state index in [2.05, 4.69) is 21.2 Å². The Balaban J connectivity index is 1.86. The van der Waals surface area contributed by atoms with Gasteiger partial charge in [-0.3, -0.25) is 4.79 Å². The first-order valence-electron chi connectivity index (χ1n) is 4.69. The molecule has 2 rings (SSSR count). The summed E-state index contributed by atoms with van der Waals surface area (Å²) in [6, 6.07) is 3.88. The highest BCUT2D eigenvalue weighted by Crippen LogP contribution is 2.48. The molecule has 15 heavy (non-hydrogen) atoms. The summed E-state index contributed by atoms with van der Waals surface area (Å²) in [7, 11) is 0. The first kappa shape index (κ1) is 11.1. The first-order chi connectivity index (χ1) is 7.02. The Kier molecular flexibility index (Phi) is 2.85. The monoisotopic (exact) mass is 291 g/mol. The fraction of sp³-hybridized carbons (Fsp3) is 0.500. The second kappa shape index (κ2) is 3.87. The van der Waals surface area contributed by atoms with E-state index in [-0.39, 0.29) is 5.91 Å². The van der Waals surface area contributed by atoms with E-state index in [9.17, 15) is 9.18 Å². The van der Waals surface area contributed by atoms with Gasteiger partial charge in [0.15, 0.2) is 0 Å². The van der Waals surface area contributed by atoms with Crippen molar-refractivity contribution < 1.29 is 9.18 Å². The molecule has 2 unspecified atom stereocenters. The topological polar surface area (TPSA) is 29.1 Å². The highest BCUT2D eigenvalue weighted by Gasteiger charge is 2.57.